The molecule has 0 spiro atoms. The number of nitrogens with zero attached hydrogens (tertiary/aromatic N) is 2. The number of carbonyl (C=O) groups excluding carboxylic acids is 3. The molecule has 0 bridgehead atoms. The fraction of sp³-hybridized carbons (Fsp3) is 0.357. The minimum Gasteiger partial charge on any atom is -0.452 e. The van der Waals surface area contributed by atoms with Crippen LogP contribution in [-0.4, -0.2) is 56.7 Å². The van der Waals surface area contributed by atoms with Crippen LogP contribution in [0.3, 0.4) is 0 Å². The standard InChI is InChI=1S/C14H16N2O5/c1-15(2)11-5-3-10(4-6-11)13(18)21-9-12(17)16-7-8-20-14(16)19/h3-6H,7-9H2,1-2H3. The van der Waals surface area contributed by atoms with Crippen molar-refractivity contribution in [1.29, 1.82) is 0 Å². The quantitative estimate of drug-likeness (QED) is 0.767. The molecule has 21 heavy (non-hydrogen) atoms. The molecule has 0 radical (unpaired) electrons. The molecule has 1 aliphatic heterocycles. The average Bonchev–Trinajstić information content (AvgIpc) is 2.90. The van der Waals surface area contributed by atoms with Crippen LogP contribution in [0.1, 0.15) is 10.4 Å². The van der Waals surface area contributed by atoms with Gasteiger partial charge in [0, 0.05) is 19.8 Å². The van der Waals surface area contributed by atoms with Crippen molar-refractivity contribution in [2.24, 2.45) is 0 Å². The predicted molar refractivity (Wildman–Crippen MR) is 74.1 cm³/mol. The van der Waals surface area contributed by atoms with E-state index in [9.17, 15) is 14.4 Å². The number of carbonyl (C=O) groups is 3. The number of benzene rings is 1. The van der Waals surface area contributed by atoms with Crippen molar-refractivity contribution in [3.05, 3.63) is 29.8 Å². The van der Waals surface area contributed by atoms with E-state index in [0.717, 1.165) is 10.6 Å². The smallest absolute Gasteiger partial charge is 0.416 e. The molecule has 0 saturated carbocycles. The Labute approximate surface area is 122 Å². The molecule has 7 heteroatoms. The molecule has 1 saturated heterocycles. The Balaban J connectivity index is 1.89. The Morgan fingerprint density at radius 2 is 1.95 bits per heavy atom. The molecule has 0 atom stereocenters. The van der Waals surface area contributed by atoms with Gasteiger partial charge in [0.25, 0.3) is 5.91 Å². The Morgan fingerprint density at radius 1 is 1.29 bits per heavy atom. The molecule has 1 fully saturated rings. The summed E-state index contributed by atoms with van der Waals surface area (Å²) in [6, 6.07) is 6.78. The van der Waals surface area contributed by atoms with Crippen LogP contribution >= 0.6 is 0 Å². The summed E-state index contributed by atoms with van der Waals surface area (Å²) in [6.07, 6.45) is -0.702. The first-order valence-corrected chi connectivity index (χ1v) is 6.40. The normalized spacial score (nSPS) is 13.8. The maximum Gasteiger partial charge on any atom is 0.416 e. The largest absolute Gasteiger partial charge is 0.452 e. The van der Waals surface area contributed by atoms with Crippen molar-refractivity contribution >= 4 is 23.7 Å². The van der Waals surface area contributed by atoms with Gasteiger partial charge in [0.2, 0.25) is 0 Å². The van der Waals surface area contributed by atoms with Gasteiger partial charge < -0.3 is 14.4 Å². The number of hydrogen-bond donors (Lipinski definition) is 0. The fourth-order valence-electron chi connectivity index (χ4n) is 1.80. The maximum atomic E-state index is 11.8. The highest BCUT2D eigenvalue weighted by atomic mass is 16.6. The van der Waals surface area contributed by atoms with Crippen molar-refractivity contribution in [2.75, 3.05) is 38.8 Å². The second kappa shape index (κ2) is 6.25. The molecule has 0 aromatic heterocycles. The highest BCUT2D eigenvalue weighted by molar-refractivity contribution is 5.96. The molecule has 1 heterocycles. The topological polar surface area (TPSA) is 76.2 Å². The van der Waals surface area contributed by atoms with E-state index in [-0.39, 0.29) is 13.2 Å². The highest BCUT2D eigenvalue weighted by Gasteiger charge is 2.28. The van der Waals surface area contributed by atoms with Gasteiger partial charge >= 0.3 is 12.1 Å². The lowest BCUT2D eigenvalue weighted by molar-refractivity contribution is -0.131. The predicted octanol–water partition coefficient (Wildman–Crippen LogP) is 0.888. The number of ether oxygens (including phenoxy) is 2. The van der Waals surface area contributed by atoms with E-state index in [1.165, 1.54) is 0 Å². The van der Waals surface area contributed by atoms with E-state index < -0.39 is 24.6 Å². The first kappa shape index (κ1) is 14.8. The summed E-state index contributed by atoms with van der Waals surface area (Å²) in [5.41, 5.74) is 1.29. The molecular formula is C14H16N2O5. The van der Waals surface area contributed by atoms with Crippen molar-refractivity contribution in [1.82, 2.24) is 4.90 Å². The van der Waals surface area contributed by atoms with E-state index in [1.54, 1.807) is 24.3 Å². The SMILES string of the molecule is CN(C)c1ccc(C(=O)OCC(=O)N2CCOC2=O)cc1. The summed E-state index contributed by atoms with van der Waals surface area (Å²) < 4.78 is 9.53. The third-order valence-electron chi connectivity index (χ3n) is 3.01. The fourth-order valence-corrected chi connectivity index (χ4v) is 1.80. The molecule has 2 rings (SSSR count). The average molecular weight is 292 g/mol. The zero-order chi connectivity index (χ0) is 15.4. The van der Waals surface area contributed by atoms with Crippen LogP contribution in [0.4, 0.5) is 10.5 Å². The van der Waals surface area contributed by atoms with Crippen LogP contribution in [0.25, 0.3) is 0 Å². The zero-order valence-electron chi connectivity index (χ0n) is 11.9. The lowest BCUT2D eigenvalue weighted by Gasteiger charge is -2.13. The van der Waals surface area contributed by atoms with Crippen molar-refractivity contribution < 1.29 is 23.9 Å². The molecule has 0 N–H and O–H groups in total. The molecule has 1 aliphatic rings. The monoisotopic (exact) mass is 292 g/mol. The van der Waals surface area contributed by atoms with Gasteiger partial charge in [-0.3, -0.25) is 4.79 Å². The molecular weight excluding hydrogens is 276 g/mol. The minimum atomic E-state index is -0.702. The van der Waals surface area contributed by atoms with Crippen molar-refractivity contribution in [3.63, 3.8) is 0 Å². The van der Waals surface area contributed by atoms with Crippen molar-refractivity contribution in [3.8, 4) is 0 Å². The lowest BCUT2D eigenvalue weighted by atomic mass is 10.2. The lowest BCUT2D eigenvalue weighted by Crippen LogP contribution is -2.35. The Bertz CT molecular complexity index is 553. The van der Waals surface area contributed by atoms with Crippen LogP contribution in [-0.2, 0) is 14.3 Å². The van der Waals surface area contributed by atoms with E-state index in [1.807, 2.05) is 19.0 Å². The summed E-state index contributed by atoms with van der Waals surface area (Å²) >= 11 is 0. The van der Waals surface area contributed by atoms with E-state index >= 15 is 0 Å². The van der Waals surface area contributed by atoms with Gasteiger partial charge in [-0.05, 0) is 24.3 Å². The summed E-state index contributed by atoms with van der Waals surface area (Å²) in [4.78, 5) is 37.5. The van der Waals surface area contributed by atoms with Gasteiger partial charge in [0.05, 0.1) is 12.1 Å². The van der Waals surface area contributed by atoms with Crippen LogP contribution < -0.4 is 4.90 Å². The van der Waals surface area contributed by atoms with E-state index in [4.69, 9.17) is 4.74 Å². The molecule has 1 aromatic carbocycles. The summed E-state index contributed by atoms with van der Waals surface area (Å²) in [7, 11) is 3.78. The molecule has 2 amide bonds. The maximum absolute atomic E-state index is 11.8. The zero-order valence-corrected chi connectivity index (χ0v) is 11.9. The van der Waals surface area contributed by atoms with Gasteiger partial charge in [-0.1, -0.05) is 0 Å². The second-order valence-electron chi connectivity index (χ2n) is 4.68. The van der Waals surface area contributed by atoms with Gasteiger partial charge in [-0.2, -0.15) is 0 Å². The van der Waals surface area contributed by atoms with Crippen LogP contribution in [0.5, 0.6) is 0 Å². The Kier molecular flexibility index (Phi) is 4.42. The molecule has 112 valence electrons. The summed E-state index contributed by atoms with van der Waals surface area (Å²) in [6.45, 7) is -0.124. The third-order valence-corrected chi connectivity index (χ3v) is 3.01. The van der Waals surface area contributed by atoms with Gasteiger partial charge in [0.15, 0.2) is 6.61 Å². The van der Waals surface area contributed by atoms with Crippen LogP contribution in [0, 0.1) is 0 Å². The molecule has 0 unspecified atom stereocenters. The first-order chi connectivity index (χ1) is 9.99. The number of cyclic esters (lactones) is 1. The molecule has 7 nitrogen and oxygen atoms in total. The van der Waals surface area contributed by atoms with Gasteiger partial charge in [-0.15, -0.1) is 0 Å². The highest BCUT2D eigenvalue weighted by Crippen LogP contribution is 2.13. The number of imide groups is 1. The number of hydrogen-bond acceptors (Lipinski definition) is 6. The van der Waals surface area contributed by atoms with Crippen LogP contribution in [0.15, 0.2) is 24.3 Å². The Hall–Kier alpha value is -2.57. The number of esters is 1. The first-order valence-electron chi connectivity index (χ1n) is 6.40. The van der Waals surface area contributed by atoms with E-state index in [2.05, 4.69) is 4.74 Å². The summed E-state index contributed by atoms with van der Waals surface area (Å²) in [5, 5.41) is 0. The number of rotatable bonds is 4. The van der Waals surface area contributed by atoms with Gasteiger partial charge in [-0.25, -0.2) is 14.5 Å². The van der Waals surface area contributed by atoms with Gasteiger partial charge in [0.1, 0.15) is 6.61 Å². The molecule has 1 aromatic rings. The van der Waals surface area contributed by atoms with E-state index in [0.29, 0.717) is 5.56 Å². The second-order valence-corrected chi connectivity index (χ2v) is 4.68. The van der Waals surface area contributed by atoms with Crippen LogP contribution in [0.2, 0.25) is 0 Å². The third kappa shape index (κ3) is 3.50. The molecule has 0 aliphatic carbocycles. The summed E-state index contributed by atoms with van der Waals surface area (Å²) in [5.74, 6) is -1.20. The Morgan fingerprint density at radius 3 is 2.48 bits per heavy atom. The number of anilines is 1. The minimum absolute atomic E-state index is 0.171. The van der Waals surface area contributed by atoms with Crippen molar-refractivity contribution in [2.45, 2.75) is 0 Å². The number of amides is 2.